The van der Waals surface area contributed by atoms with E-state index in [1.54, 1.807) is 0 Å². The first-order chi connectivity index (χ1) is 10.6. The van der Waals surface area contributed by atoms with Gasteiger partial charge in [0.05, 0.1) is 4.86 Å². The Bertz CT molecular complexity index is 763. The van der Waals surface area contributed by atoms with Gasteiger partial charge in [-0.2, -0.15) is 0 Å². The van der Waals surface area contributed by atoms with Crippen LogP contribution in [0.4, 0.5) is 0 Å². The van der Waals surface area contributed by atoms with Crippen LogP contribution < -0.4 is 0 Å². The highest BCUT2D eigenvalue weighted by atomic mass is 79.9. The van der Waals surface area contributed by atoms with E-state index in [1.165, 1.54) is 6.92 Å². The maximum Gasteiger partial charge on any atom is 0.173 e. The molecule has 1 aliphatic heterocycles. The Morgan fingerprint density at radius 1 is 1.09 bits per heavy atom. The van der Waals surface area contributed by atoms with Crippen molar-refractivity contribution in [1.82, 2.24) is 0 Å². The maximum atomic E-state index is 12.4. The molecule has 0 amide bonds. The van der Waals surface area contributed by atoms with Crippen molar-refractivity contribution in [2.45, 2.75) is 23.5 Å². The van der Waals surface area contributed by atoms with Crippen LogP contribution in [0, 0.1) is 0 Å². The third-order valence-electron chi connectivity index (χ3n) is 3.69. The second kappa shape index (κ2) is 6.31. The fourth-order valence-corrected chi connectivity index (χ4v) is 5.69. The van der Waals surface area contributed by atoms with Gasteiger partial charge >= 0.3 is 0 Å². The summed E-state index contributed by atoms with van der Waals surface area (Å²) in [4.78, 5) is 25.9. The van der Waals surface area contributed by atoms with Crippen molar-refractivity contribution in [3.05, 3.63) is 64.6 Å². The second-order valence-corrected chi connectivity index (χ2v) is 8.24. The fraction of sp³-hybridized carbons (Fsp3) is 0.167. The Balaban J connectivity index is 2.17. The molecule has 112 valence electrons. The summed E-state index contributed by atoms with van der Waals surface area (Å²) < 4.78 is 1.01. The van der Waals surface area contributed by atoms with E-state index in [0.29, 0.717) is 11.3 Å². The molecular weight excluding hydrogens is 360 g/mol. The smallest absolute Gasteiger partial charge is 0.173 e. The van der Waals surface area contributed by atoms with E-state index < -0.39 is 10.5 Å². The first kappa shape index (κ1) is 15.4. The topological polar surface area (TPSA) is 34.1 Å². The largest absolute Gasteiger partial charge is 0.294 e. The number of hydrogen-bond donors (Lipinski definition) is 0. The summed E-state index contributed by atoms with van der Waals surface area (Å²) in [5.41, 5.74) is 1.11. The van der Waals surface area contributed by atoms with Crippen molar-refractivity contribution in [2.75, 3.05) is 0 Å². The van der Waals surface area contributed by atoms with Crippen LogP contribution in [0.3, 0.4) is 0 Å². The average Bonchev–Trinajstić information content (AvgIpc) is 2.86. The van der Waals surface area contributed by atoms with Gasteiger partial charge in [0.25, 0.3) is 0 Å². The minimum atomic E-state index is -0.482. The zero-order valence-corrected chi connectivity index (χ0v) is 14.5. The summed E-state index contributed by atoms with van der Waals surface area (Å²) in [7, 11) is -0.482. The van der Waals surface area contributed by atoms with Crippen LogP contribution in [-0.4, -0.2) is 16.4 Å². The molecule has 0 radical (unpaired) electrons. The molecule has 2 nitrogen and oxygen atoms in total. The van der Waals surface area contributed by atoms with E-state index in [-0.39, 0.29) is 16.8 Å². The number of halogens is 1. The molecule has 0 saturated heterocycles. The van der Waals surface area contributed by atoms with Gasteiger partial charge in [-0.05, 0) is 36.8 Å². The van der Waals surface area contributed by atoms with Crippen LogP contribution in [0.25, 0.3) is 0 Å². The summed E-state index contributed by atoms with van der Waals surface area (Å²) in [6.07, 6.45) is 0.411. The lowest BCUT2D eigenvalue weighted by Gasteiger charge is -2.17. The van der Waals surface area contributed by atoms with Crippen molar-refractivity contribution in [2.24, 2.45) is 0 Å². The highest BCUT2D eigenvalue weighted by Gasteiger charge is 2.35. The van der Waals surface area contributed by atoms with Gasteiger partial charge in [-0.15, -0.1) is 10.5 Å². The summed E-state index contributed by atoms with van der Waals surface area (Å²) in [6.45, 7) is 1.50. The molecule has 1 unspecified atom stereocenters. The van der Waals surface area contributed by atoms with Crippen molar-refractivity contribution < 1.29 is 9.59 Å². The third-order valence-corrected chi connectivity index (χ3v) is 6.96. The zero-order valence-electron chi connectivity index (χ0n) is 12.1. The summed E-state index contributed by atoms with van der Waals surface area (Å²) in [6, 6.07) is 17.9. The number of carbonyl (C=O) groups is 2. The number of hydrogen-bond acceptors (Lipinski definition) is 2. The highest BCUT2D eigenvalue weighted by Crippen LogP contribution is 2.50. The van der Waals surface area contributed by atoms with E-state index in [2.05, 4.69) is 15.9 Å². The Hall–Kier alpha value is -1.52. The first-order valence-corrected chi connectivity index (χ1v) is 9.10. The molecule has 0 aromatic heterocycles. The molecule has 0 fully saturated rings. The molecule has 1 aliphatic rings. The molecule has 4 heteroatoms. The molecule has 2 aromatic rings. The minimum absolute atomic E-state index is 0.00685. The molecule has 0 aliphatic carbocycles. The minimum Gasteiger partial charge on any atom is -0.294 e. The van der Waals surface area contributed by atoms with Gasteiger partial charge < -0.3 is 0 Å². The predicted octanol–water partition coefficient (Wildman–Crippen LogP) is 4.55. The molecule has 0 saturated carbocycles. The Morgan fingerprint density at radius 2 is 1.73 bits per heavy atom. The summed E-state index contributed by atoms with van der Waals surface area (Å²) in [5.74, 6) is -0.107. The van der Waals surface area contributed by atoms with E-state index in [4.69, 9.17) is 0 Å². The molecule has 2 atom stereocenters. The van der Waals surface area contributed by atoms with Crippen LogP contribution >= 0.6 is 26.4 Å². The number of rotatable bonds is 3. The Morgan fingerprint density at radius 3 is 2.32 bits per heavy atom. The molecule has 0 spiro atoms. The van der Waals surface area contributed by atoms with Gasteiger partial charge in [0, 0.05) is 21.0 Å². The van der Waals surface area contributed by atoms with Crippen molar-refractivity contribution in [3.63, 3.8) is 0 Å². The normalized spacial score (nSPS) is 21.2. The van der Waals surface area contributed by atoms with Crippen molar-refractivity contribution in [1.29, 1.82) is 0 Å². The molecule has 2 aromatic carbocycles. The standard InChI is InChI=1S/C18H15BrO2S/c1-12(20)18-16(21)11-17(13-7-9-14(19)10-8-13)22(18)15-5-3-2-4-6-15/h2-10,17H,11H2,1H3/t17-,22?/m0/s1. The molecule has 3 rings (SSSR count). The summed E-state index contributed by atoms with van der Waals surface area (Å²) in [5, 5.41) is 0.0573. The highest BCUT2D eigenvalue weighted by molar-refractivity contribution is 9.10. The number of ketones is 2. The number of benzene rings is 2. The summed E-state index contributed by atoms with van der Waals surface area (Å²) >= 11 is 3.44. The van der Waals surface area contributed by atoms with Crippen molar-refractivity contribution >= 4 is 42.8 Å². The Labute approximate surface area is 140 Å². The molecule has 1 heterocycles. The van der Waals surface area contributed by atoms with Crippen LogP contribution in [0.15, 0.2) is 64.0 Å². The third kappa shape index (κ3) is 2.85. The van der Waals surface area contributed by atoms with Crippen LogP contribution in [0.1, 0.15) is 24.2 Å². The number of carbonyl (C=O) groups excluding carboxylic acids is 2. The van der Waals surface area contributed by atoms with Crippen LogP contribution in [0.5, 0.6) is 0 Å². The van der Waals surface area contributed by atoms with E-state index in [1.807, 2.05) is 54.6 Å². The van der Waals surface area contributed by atoms with Crippen LogP contribution in [-0.2, 0) is 9.59 Å². The monoisotopic (exact) mass is 374 g/mol. The van der Waals surface area contributed by atoms with E-state index in [9.17, 15) is 9.59 Å². The quantitative estimate of drug-likeness (QED) is 0.738. The lowest BCUT2D eigenvalue weighted by Crippen LogP contribution is -2.16. The van der Waals surface area contributed by atoms with Gasteiger partial charge in [0.2, 0.25) is 0 Å². The average molecular weight is 375 g/mol. The molecular formula is C18H15BrO2S. The zero-order chi connectivity index (χ0) is 15.7. The first-order valence-electron chi connectivity index (χ1n) is 7.02. The predicted molar refractivity (Wildman–Crippen MR) is 94.5 cm³/mol. The Kier molecular flexibility index (Phi) is 4.41. The van der Waals surface area contributed by atoms with E-state index >= 15 is 0 Å². The molecule has 0 bridgehead atoms. The number of Topliss-reactive ketones (excluding diaryl/α,β-unsaturated/α-hetero) is 2. The van der Waals surface area contributed by atoms with Gasteiger partial charge in [0.1, 0.15) is 0 Å². The van der Waals surface area contributed by atoms with Gasteiger partial charge in [-0.1, -0.05) is 46.3 Å². The lowest BCUT2D eigenvalue weighted by molar-refractivity contribution is -0.115. The molecule has 22 heavy (non-hydrogen) atoms. The maximum absolute atomic E-state index is 12.4. The SMILES string of the molecule is CC(=O)C1=S(c2ccccc2)[C@H](c2ccc(Br)cc2)CC1=O. The van der Waals surface area contributed by atoms with E-state index in [0.717, 1.165) is 14.9 Å². The van der Waals surface area contributed by atoms with Crippen LogP contribution in [0.2, 0.25) is 0 Å². The van der Waals surface area contributed by atoms with Crippen molar-refractivity contribution in [3.8, 4) is 0 Å². The second-order valence-electron chi connectivity index (χ2n) is 5.20. The van der Waals surface area contributed by atoms with Gasteiger partial charge in [-0.25, -0.2) is 0 Å². The fourth-order valence-electron chi connectivity index (χ4n) is 2.74. The van der Waals surface area contributed by atoms with Gasteiger partial charge in [0.15, 0.2) is 11.6 Å². The van der Waals surface area contributed by atoms with Gasteiger partial charge in [-0.3, -0.25) is 9.59 Å². The molecule has 0 N–H and O–H groups in total. The lowest BCUT2D eigenvalue weighted by atomic mass is 10.1.